The van der Waals surface area contributed by atoms with Crippen LogP contribution in [-0.4, -0.2) is 96.7 Å². The number of esters is 4. The third kappa shape index (κ3) is 85.8. The van der Waals surface area contributed by atoms with Crippen LogP contribution in [0.4, 0.5) is 0 Å². The van der Waals surface area contributed by atoms with E-state index < -0.39 is 97.5 Å². The molecule has 0 aromatic carbocycles. The van der Waals surface area contributed by atoms with Crippen molar-refractivity contribution < 1.29 is 80.2 Å². The third-order valence-electron chi connectivity index (χ3n) is 21.7. The summed E-state index contributed by atoms with van der Waals surface area (Å²) in [6, 6.07) is 0. The molecule has 0 heterocycles. The summed E-state index contributed by atoms with van der Waals surface area (Å²) in [5.41, 5.74) is 0. The highest BCUT2D eigenvalue weighted by molar-refractivity contribution is 7.47. The van der Waals surface area contributed by atoms with E-state index in [9.17, 15) is 43.2 Å². The van der Waals surface area contributed by atoms with Crippen LogP contribution < -0.4 is 0 Å². The van der Waals surface area contributed by atoms with Crippen molar-refractivity contribution in [2.24, 2.45) is 11.8 Å². The molecule has 0 aliphatic heterocycles. The number of hydrogen-bond acceptors (Lipinski definition) is 15. The number of unbranched alkanes of at least 4 members (excludes halogenated alkanes) is 61. The summed E-state index contributed by atoms with van der Waals surface area (Å²) in [6.07, 6.45) is 78.1. The Morgan fingerprint density at radius 3 is 0.613 bits per heavy atom. The molecule has 0 bridgehead atoms. The van der Waals surface area contributed by atoms with Crippen molar-refractivity contribution in [3.05, 3.63) is 0 Å². The van der Waals surface area contributed by atoms with Crippen LogP contribution in [0, 0.1) is 11.8 Å². The molecule has 19 heteroatoms. The molecule has 0 spiro atoms. The minimum atomic E-state index is -4.97. The van der Waals surface area contributed by atoms with Crippen LogP contribution in [0.15, 0.2) is 0 Å². The second-order valence-corrected chi connectivity index (χ2v) is 36.9. The smallest absolute Gasteiger partial charge is 0.462 e. The minimum absolute atomic E-state index is 0.108. The first-order chi connectivity index (χ1) is 53.9. The zero-order valence-corrected chi connectivity index (χ0v) is 75.1. The van der Waals surface area contributed by atoms with Crippen molar-refractivity contribution in [1.82, 2.24) is 0 Å². The Hall–Kier alpha value is -1.94. The van der Waals surface area contributed by atoms with Gasteiger partial charge in [0.05, 0.1) is 26.4 Å². The first-order valence-corrected chi connectivity index (χ1v) is 50.5. The maximum Gasteiger partial charge on any atom is 0.472 e. The van der Waals surface area contributed by atoms with Crippen LogP contribution >= 0.6 is 15.6 Å². The maximum atomic E-state index is 13.2. The lowest BCUT2D eigenvalue weighted by molar-refractivity contribution is -0.161. The van der Waals surface area contributed by atoms with Gasteiger partial charge < -0.3 is 33.8 Å². The van der Waals surface area contributed by atoms with Gasteiger partial charge in [0.25, 0.3) is 0 Å². The molecule has 0 radical (unpaired) electrons. The fourth-order valence-electron chi connectivity index (χ4n) is 14.5. The van der Waals surface area contributed by atoms with Gasteiger partial charge in [-0.15, -0.1) is 0 Å². The van der Waals surface area contributed by atoms with E-state index in [-0.39, 0.29) is 25.7 Å². The van der Waals surface area contributed by atoms with Crippen molar-refractivity contribution >= 4 is 39.5 Å². The number of aliphatic hydroxyl groups excluding tert-OH is 1. The van der Waals surface area contributed by atoms with E-state index in [1.807, 2.05) is 0 Å². The van der Waals surface area contributed by atoms with E-state index in [0.29, 0.717) is 31.6 Å². The summed E-state index contributed by atoms with van der Waals surface area (Å²) in [5.74, 6) is -0.583. The van der Waals surface area contributed by atoms with E-state index in [1.54, 1.807) is 0 Å². The summed E-state index contributed by atoms with van der Waals surface area (Å²) >= 11 is 0. The van der Waals surface area contributed by atoms with Crippen molar-refractivity contribution in [3.8, 4) is 0 Å². The van der Waals surface area contributed by atoms with E-state index in [0.717, 1.165) is 102 Å². The van der Waals surface area contributed by atoms with Gasteiger partial charge in [-0.05, 0) is 37.5 Å². The molecule has 17 nitrogen and oxygen atoms in total. The molecule has 5 atom stereocenters. The molecule has 0 rings (SSSR count). The van der Waals surface area contributed by atoms with Crippen molar-refractivity contribution in [2.75, 3.05) is 39.6 Å². The van der Waals surface area contributed by atoms with Crippen LogP contribution in [0.3, 0.4) is 0 Å². The number of hydrogen-bond donors (Lipinski definition) is 3. The van der Waals surface area contributed by atoms with Crippen LogP contribution in [0.25, 0.3) is 0 Å². The first kappa shape index (κ1) is 109. The summed E-state index contributed by atoms with van der Waals surface area (Å²) in [7, 11) is -9.94. The molecule has 0 aliphatic carbocycles. The van der Waals surface area contributed by atoms with E-state index in [2.05, 4.69) is 41.5 Å². The molecule has 0 aliphatic rings. The molecule has 0 amide bonds. The Kier molecular flexibility index (Phi) is 81.7. The zero-order valence-electron chi connectivity index (χ0n) is 73.3. The minimum Gasteiger partial charge on any atom is -0.462 e. The molecular weight excluding hydrogens is 1440 g/mol. The predicted octanol–water partition coefficient (Wildman–Crippen LogP) is 28.6. The molecule has 0 aromatic heterocycles. The summed E-state index contributed by atoms with van der Waals surface area (Å²) in [5, 5.41) is 10.7. The highest BCUT2D eigenvalue weighted by Crippen LogP contribution is 2.45. The van der Waals surface area contributed by atoms with Crippen molar-refractivity contribution in [3.63, 3.8) is 0 Å². The van der Waals surface area contributed by atoms with Gasteiger partial charge in [-0.3, -0.25) is 37.3 Å². The maximum absolute atomic E-state index is 13.2. The van der Waals surface area contributed by atoms with Gasteiger partial charge in [0.2, 0.25) is 0 Å². The molecule has 0 fully saturated rings. The molecule has 2 unspecified atom stereocenters. The molecule has 0 aromatic rings. The lowest BCUT2D eigenvalue weighted by Gasteiger charge is -2.21. The van der Waals surface area contributed by atoms with E-state index >= 15 is 0 Å². The second-order valence-electron chi connectivity index (χ2n) is 34.0. The number of carbonyl (C=O) groups is 4. The highest BCUT2D eigenvalue weighted by Gasteiger charge is 2.31. The monoisotopic (exact) mass is 1620 g/mol. The number of rotatable bonds is 91. The summed E-state index contributed by atoms with van der Waals surface area (Å²) in [4.78, 5) is 73.4. The van der Waals surface area contributed by atoms with Gasteiger partial charge in [-0.25, -0.2) is 9.13 Å². The summed E-state index contributed by atoms with van der Waals surface area (Å²) in [6.45, 7) is 9.68. The normalized spacial score (nSPS) is 13.7. The van der Waals surface area contributed by atoms with Crippen LogP contribution in [0.5, 0.6) is 0 Å². The van der Waals surface area contributed by atoms with Crippen LogP contribution in [-0.2, 0) is 65.4 Å². The van der Waals surface area contributed by atoms with Gasteiger partial charge in [-0.1, -0.05) is 446 Å². The van der Waals surface area contributed by atoms with Gasteiger partial charge in [0, 0.05) is 25.7 Å². The molecular formula is C92H180O17P2. The van der Waals surface area contributed by atoms with Gasteiger partial charge in [0.1, 0.15) is 19.3 Å². The first-order valence-electron chi connectivity index (χ1n) is 47.5. The number of phosphoric ester groups is 2. The Morgan fingerprint density at radius 1 is 0.243 bits per heavy atom. The van der Waals surface area contributed by atoms with Crippen molar-refractivity contribution in [2.45, 2.75) is 516 Å². The average molecular weight is 1620 g/mol. The lowest BCUT2D eigenvalue weighted by atomic mass is 10.0. The average Bonchev–Trinajstić information content (AvgIpc) is 0.899. The second kappa shape index (κ2) is 83.1. The van der Waals surface area contributed by atoms with Crippen molar-refractivity contribution in [1.29, 1.82) is 0 Å². The number of ether oxygens (including phenoxy) is 4. The van der Waals surface area contributed by atoms with Gasteiger partial charge in [-0.2, -0.15) is 0 Å². The third-order valence-corrected chi connectivity index (χ3v) is 23.6. The van der Waals surface area contributed by atoms with Gasteiger partial charge in [0.15, 0.2) is 12.2 Å². The largest absolute Gasteiger partial charge is 0.472 e. The number of carbonyl (C=O) groups excluding carboxylic acids is 4. The molecule has 0 saturated carbocycles. The number of phosphoric acid groups is 2. The predicted molar refractivity (Wildman–Crippen MR) is 460 cm³/mol. The Balaban J connectivity index is 5.21. The van der Waals surface area contributed by atoms with E-state index in [4.69, 9.17) is 37.0 Å². The fraction of sp³-hybridized carbons (Fsp3) is 0.957. The molecule has 0 saturated heterocycles. The Bertz CT molecular complexity index is 2120. The quantitative estimate of drug-likeness (QED) is 0.0222. The fourth-order valence-corrected chi connectivity index (χ4v) is 16.1. The molecule has 111 heavy (non-hydrogen) atoms. The van der Waals surface area contributed by atoms with Crippen LogP contribution in [0.1, 0.15) is 497 Å². The van der Waals surface area contributed by atoms with Crippen LogP contribution in [0.2, 0.25) is 0 Å². The lowest BCUT2D eigenvalue weighted by Crippen LogP contribution is -2.30. The number of aliphatic hydroxyl groups is 1. The standard InChI is InChI=1S/C92H180O17P2/c1-7-9-11-13-15-17-19-21-23-25-27-29-31-33-38-42-46-50-56-62-68-74-89(94)102-80-87(108-91(96)76-70-64-57-51-47-43-39-34-32-30-28-26-24-22-20-18-16-14-12-10-8-2)82-106-110(98,99)104-78-86(93)79-105-111(100,101)107-83-88(81-103-90(95)75-69-63-59-53-55-61-67-73-85(5)6)109-92(97)77-71-65-58-52-48-44-40-36-35-37-41-45-49-54-60-66-72-84(3)4/h84-88,93H,7-83H2,1-6H3,(H,98,99)(H,100,101)/t86-,87-,88-/m1/s1. The molecule has 3 N–H and O–H groups in total. The highest BCUT2D eigenvalue weighted by atomic mass is 31.2. The Morgan fingerprint density at radius 2 is 0.414 bits per heavy atom. The summed E-state index contributed by atoms with van der Waals surface area (Å²) < 4.78 is 69.1. The zero-order chi connectivity index (χ0) is 81.3. The molecule has 660 valence electrons. The van der Waals surface area contributed by atoms with Gasteiger partial charge >= 0.3 is 39.5 Å². The van der Waals surface area contributed by atoms with E-state index in [1.165, 1.54) is 308 Å². The SMILES string of the molecule is CCCCCCCCCCCCCCCCCCCCCCCC(=O)OC[C@H](COP(=O)(O)OC[C@@H](O)COP(=O)(O)OC[C@@H](COC(=O)CCCCCCCCCC(C)C)OC(=O)CCCCCCCCCCCCCCCCCCC(C)C)OC(=O)CCCCCCCCCCCCCCCCCCCCCCC. The topological polar surface area (TPSA) is 237 Å². The Labute approximate surface area is 683 Å².